The summed E-state index contributed by atoms with van der Waals surface area (Å²) in [5.41, 5.74) is 0.909. The Hall–Kier alpha value is -0.730. The van der Waals surface area contributed by atoms with E-state index in [0.29, 0.717) is 35.5 Å². The molecule has 0 atom stereocenters. The number of carbonyl (C=O) groups excluding carboxylic acids is 1. The summed E-state index contributed by atoms with van der Waals surface area (Å²) in [7, 11) is 0. The molecule has 0 bridgehead atoms. The van der Waals surface area contributed by atoms with Crippen molar-refractivity contribution in [2.45, 2.75) is 32.7 Å². The molecule has 1 saturated heterocycles. The van der Waals surface area contributed by atoms with E-state index >= 15 is 0 Å². The third-order valence-electron chi connectivity index (χ3n) is 3.86. The molecule has 0 unspecified atom stereocenters. The molecule has 0 radical (unpaired) electrons. The highest BCUT2D eigenvalue weighted by Crippen LogP contribution is 2.21. The quantitative estimate of drug-likeness (QED) is 0.357. The standard InChI is InChI=1S/C17H24Cl2N4O.HI/c1-2-20-17(21-8-7-16(24)23-9-3-4-10-23)22-12-13-5-6-14(18)11-15(13)19;/h5-6,11H,2-4,7-10,12H2,1H3,(H2,20,21,22);1H. The smallest absolute Gasteiger partial charge is 0.224 e. The molecule has 5 nitrogen and oxygen atoms in total. The predicted molar refractivity (Wildman–Crippen MR) is 115 cm³/mol. The van der Waals surface area contributed by atoms with Gasteiger partial charge in [-0.1, -0.05) is 29.3 Å². The minimum absolute atomic E-state index is 0. The lowest BCUT2D eigenvalue weighted by Gasteiger charge is -2.16. The average Bonchev–Trinajstić information content (AvgIpc) is 3.08. The van der Waals surface area contributed by atoms with Crippen molar-refractivity contribution in [2.75, 3.05) is 26.2 Å². The maximum atomic E-state index is 12.0. The number of likely N-dealkylation sites (tertiary alicyclic amines) is 1. The van der Waals surface area contributed by atoms with Crippen LogP contribution in [0.1, 0.15) is 31.7 Å². The van der Waals surface area contributed by atoms with Gasteiger partial charge in [-0.25, -0.2) is 4.99 Å². The number of aliphatic imine (C=N–C) groups is 1. The predicted octanol–water partition coefficient (Wildman–Crippen LogP) is 3.68. The van der Waals surface area contributed by atoms with Crippen molar-refractivity contribution in [3.8, 4) is 0 Å². The monoisotopic (exact) mass is 498 g/mol. The van der Waals surface area contributed by atoms with E-state index < -0.39 is 0 Å². The SMILES string of the molecule is CCNC(=NCc1ccc(Cl)cc1Cl)NCCC(=O)N1CCCC1.I. The highest BCUT2D eigenvalue weighted by atomic mass is 127. The zero-order chi connectivity index (χ0) is 17.4. The molecule has 1 aromatic rings. The third kappa shape index (κ3) is 7.58. The van der Waals surface area contributed by atoms with E-state index in [2.05, 4.69) is 15.6 Å². The fraction of sp³-hybridized carbons (Fsp3) is 0.529. The largest absolute Gasteiger partial charge is 0.357 e. The molecule has 1 aromatic carbocycles. The van der Waals surface area contributed by atoms with Crippen molar-refractivity contribution in [1.29, 1.82) is 0 Å². The van der Waals surface area contributed by atoms with Crippen LogP contribution in [0.2, 0.25) is 10.0 Å². The number of nitrogens with zero attached hydrogens (tertiary/aromatic N) is 2. The van der Waals surface area contributed by atoms with Gasteiger partial charge in [0.15, 0.2) is 5.96 Å². The number of nitrogens with one attached hydrogen (secondary N) is 2. The van der Waals surface area contributed by atoms with Gasteiger partial charge in [-0.3, -0.25) is 4.79 Å². The van der Waals surface area contributed by atoms with Crippen molar-refractivity contribution in [3.05, 3.63) is 33.8 Å². The summed E-state index contributed by atoms with van der Waals surface area (Å²) < 4.78 is 0. The molecule has 2 rings (SSSR count). The van der Waals surface area contributed by atoms with Crippen LogP contribution in [0.4, 0.5) is 0 Å². The fourth-order valence-corrected chi connectivity index (χ4v) is 3.04. The van der Waals surface area contributed by atoms with Crippen LogP contribution in [0.15, 0.2) is 23.2 Å². The number of hydrogen-bond acceptors (Lipinski definition) is 2. The summed E-state index contributed by atoms with van der Waals surface area (Å²) in [6.45, 7) is 5.55. The van der Waals surface area contributed by atoms with Crippen molar-refractivity contribution in [3.63, 3.8) is 0 Å². The molecule has 140 valence electrons. The first-order valence-electron chi connectivity index (χ1n) is 8.34. The van der Waals surface area contributed by atoms with Crippen molar-refractivity contribution in [1.82, 2.24) is 15.5 Å². The van der Waals surface area contributed by atoms with Gasteiger partial charge < -0.3 is 15.5 Å². The van der Waals surface area contributed by atoms with Crippen LogP contribution in [0.3, 0.4) is 0 Å². The van der Waals surface area contributed by atoms with E-state index in [1.54, 1.807) is 12.1 Å². The van der Waals surface area contributed by atoms with Crippen molar-refractivity contribution < 1.29 is 4.79 Å². The van der Waals surface area contributed by atoms with E-state index in [4.69, 9.17) is 23.2 Å². The van der Waals surface area contributed by atoms with Gasteiger partial charge in [0, 0.05) is 42.6 Å². The van der Waals surface area contributed by atoms with E-state index in [0.717, 1.165) is 38.0 Å². The maximum absolute atomic E-state index is 12.0. The van der Waals surface area contributed by atoms with Crippen LogP contribution >= 0.6 is 47.2 Å². The molecule has 1 aliphatic rings. The lowest BCUT2D eigenvalue weighted by atomic mass is 10.2. The van der Waals surface area contributed by atoms with Crippen LogP contribution in [0.5, 0.6) is 0 Å². The summed E-state index contributed by atoms with van der Waals surface area (Å²) in [5.74, 6) is 0.884. The first-order chi connectivity index (χ1) is 11.6. The molecule has 0 aliphatic carbocycles. The van der Waals surface area contributed by atoms with Gasteiger partial charge in [0.1, 0.15) is 0 Å². The summed E-state index contributed by atoms with van der Waals surface area (Å²) in [5, 5.41) is 7.58. The normalized spacial score (nSPS) is 14.2. The molecule has 0 spiro atoms. The van der Waals surface area contributed by atoms with Gasteiger partial charge in [0.25, 0.3) is 0 Å². The second-order valence-corrected chi connectivity index (χ2v) is 6.54. The minimum atomic E-state index is 0. The van der Waals surface area contributed by atoms with Crippen LogP contribution in [0.25, 0.3) is 0 Å². The lowest BCUT2D eigenvalue weighted by molar-refractivity contribution is -0.129. The topological polar surface area (TPSA) is 56.7 Å². The second-order valence-electron chi connectivity index (χ2n) is 5.70. The Morgan fingerprint density at radius 3 is 2.60 bits per heavy atom. The molecular weight excluding hydrogens is 474 g/mol. The number of guanidine groups is 1. The van der Waals surface area contributed by atoms with Gasteiger partial charge in [-0.15, -0.1) is 24.0 Å². The van der Waals surface area contributed by atoms with Crippen LogP contribution < -0.4 is 10.6 Å². The number of benzene rings is 1. The fourth-order valence-electron chi connectivity index (χ4n) is 2.57. The van der Waals surface area contributed by atoms with Gasteiger partial charge in [-0.2, -0.15) is 0 Å². The lowest BCUT2D eigenvalue weighted by Crippen LogP contribution is -2.39. The highest BCUT2D eigenvalue weighted by molar-refractivity contribution is 14.0. The van der Waals surface area contributed by atoms with Crippen LogP contribution in [-0.2, 0) is 11.3 Å². The van der Waals surface area contributed by atoms with Gasteiger partial charge in [-0.05, 0) is 37.5 Å². The molecule has 1 fully saturated rings. The van der Waals surface area contributed by atoms with Gasteiger partial charge in [0.2, 0.25) is 5.91 Å². The summed E-state index contributed by atoms with van der Waals surface area (Å²) in [6.07, 6.45) is 2.71. The Bertz CT molecular complexity index is 592. The maximum Gasteiger partial charge on any atom is 0.224 e. The third-order valence-corrected chi connectivity index (χ3v) is 4.44. The Labute approximate surface area is 176 Å². The molecule has 8 heteroatoms. The number of carbonyl (C=O) groups is 1. The van der Waals surface area contributed by atoms with Crippen molar-refractivity contribution >= 4 is 59.0 Å². The Morgan fingerprint density at radius 1 is 1.24 bits per heavy atom. The Balaban J connectivity index is 0.00000312. The van der Waals surface area contributed by atoms with Gasteiger partial charge in [0.05, 0.1) is 6.54 Å². The Kier molecular flexibility index (Phi) is 10.5. The van der Waals surface area contributed by atoms with E-state index in [9.17, 15) is 4.79 Å². The molecule has 1 heterocycles. The summed E-state index contributed by atoms with van der Waals surface area (Å²) >= 11 is 12.1. The van der Waals surface area contributed by atoms with E-state index in [-0.39, 0.29) is 29.9 Å². The molecule has 25 heavy (non-hydrogen) atoms. The first-order valence-corrected chi connectivity index (χ1v) is 9.09. The molecule has 1 amide bonds. The average molecular weight is 499 g/mol. The molecular formula is C17H25Cl2IN4O. The minimum Gasteiger partial charge on any atom is -0.357 e. The van der Waals surface area contributed by atoms with Gasteiger partial charge >= 0.3 is 0 Å². The molecule has 1 aliphatic heterocycles. The van der Waals surface area contributed by atoms with E-state index in [1.807, 2.05) is 17.9 Å². The van der Waals surface area contributed by atoms with Crippen LogP contribution in [-0.4, -0.2) is 42.9 Å². The zero-order valence-electron chi connectivity index (χ0n) is 14.4. The highest BCUT2D eigenvalue weighted by Gasteiger charge is 2.17. The summed E-state index contributed by atoms with van der Waals surface area (Å²) in [6, 6.07) is 5.38. The zero-order valence-corrected chi connectivity index (χ0v) is 18.2. The number of amides is 1. The van der Waals surface area contributed by atoms with Crippen LogP contribution in [0, 0.1) is 0 Å². The van der Waals surface area contributed by atoms with Crippen molar-refractivity contribution in [2.24, 2.45) is 4.99 Å². The van der Waals surface area contributed by atoms with E-state index in [1.165, 1.54) is 0 Å². The number of halogens is 3. The number of hydrogen-bond donors (Lipinski definition) is 2. The second kappa shape index (κ2) is 11.8. The first kappa shape index (κ1) is 22.3. The number of rotatable bonds is 6. The Morgan fingerprint density at radius 2 is 1.96 bits per heavy atom. The molecule has 0 aromatic heterocycles. The summed E-state index contributed by atoms with van der Waals surface area (Å²) in [4.78, 5) is 18.5. The molecule has 0 saturated carbocycles. The molecule has 2 N–H and O–H groups in total.